The van der Waals surface area contributed by atoms with Crippen LogP contribution in [-0.2, 0) is 4.74 Å². The van der Waals surface area contributed by atoms with Crippen molar-refractivity contribution < 1.29 is 9.26 Å². The van der Waals surface area contributed by atoms with Crippen LogP contribution in [-0.4, -0.2) is 23.8 Å². The van der Waals surface area contributed by atoms with Gasteiger partial charge in [0.05, 0.1) is 5.92 Å². The molecular weight excluding hydrogens is 206 g/mol. The maximum atomic E-state index is 5.68. The summed E-state index contributed by atoms with van der Waals surface area (Å²) in [6.07, 6.45) is 2.78. The van der Waals surface area contributed by atoms with Crippen LogP contribution in [0.2, 0.25) is 0 Å². The van der Waals surface area contributed by atoms with Crippen LogP contribution in [0, 0.1) is 0 Å². The largest absolute Gasteiger partial charge is 0.373 e. The smallest absolute Gasteiger partial charge is 0.231 e. The van der Waals surface area contributed by atoms with Crippen LogP contribution in [0.25, 0.3) is 0 Å². The van der Waals surface area contributed by atoms with Gasteiger partial charge in [-0.15, -0.1) is 0 Å². The number of hydrogen-bond acceptors (Lipinski definition) is 5. The van der Waals surface area contributed by atoms with Crippen molar-refractivity contribution in [2.24, 2.45) is 5.73 Å². The number of ether oxygens (including phenoxy) is 1. The molecule has 5 heteroatoms. The molecule has 0 spiro atoms. The fraction of sp³-hybridized carbons (Fsp3) is 0.818. The SMILES string of the molecule is CCCC(CN)c1nc(C(CC)OC)no1. The van der Waals surface area contributed by atoms with Crippen LogP contribution in [0.3, 0.4) is 0 Å². The van der Waals surface area contributed by atoms with E-state index in [1.165, 1.54) is 0 Å². The predicted molar refractivity (Wildman–Crippen MR) is 61.0 cm³/mol. The third kappa shape index (κ3) is 3.02. The summed E-state index contributed by atoms with van der Waals surface area (Å²) >= 11 is 0. The van der Waals surface area contributed by atoms with Gasteiger partial charge >= 0.3 is 0 Å². The van der Waals surface area contributed by atoms with E-state index >= 15 is 0 Å². The Labute approximate surface area is 96.4 Å². The topological polar surface area (TPSA) is 74.2 Å². The summed E-state index contributed by atoms with van der Waals surface area (Å²) in [5, 5.41) is 3.94. The first-order valence-electron chi connectivity index (χ1n) is 5.83. The van der Waals surface area contributed by atoms with Crippen LogP contribution in [0.15, 0.2) is 4.52 Å². The Bertz CT molecular complexity index is 297. The lowest BCUT2D eigenvalue weighted by atomic mass is 10.0. The quantitative estimate of drug-likeness (QED) is 0.771. The van der Waals surface area contributed by atoms with E-state index < -0.39 is 0 Å². The Morgan fingerprint density at radius 3 is 2.69 bits per heavy atom. The Morgan fingerprint density at radius 2 is 2.19 bits per heavy atom. The number of nitrogens with two attached hydrogens (primary N) is 1. The maximum Gasteiger partial charge on any atom is 0.231 e. The molecule has 1 aromatic heterocycles. The van der Waals surface area contributed by atoms with Gasteiger partial charge in [-0.05, 0) is 12.8 Å². The van der Waals surface area contributed by atoms with Crippen molar-refractivity contribution in [1.29, 1.82) is 0 Å². The summed E-state index contributed by atoms with van der Waals surface area (Å²) < 4.78 is 10.5. The number of hydrogen-bond donors (Lipinski definition) is 1. The number of rotatable bonds is 7. The molecular formula is C11H21N3O2. The van der Waals surface area contributed by atoms with Gasteiger partial charge in [0.1, 0.15) is 6.10 Å². The highest BCUT2D eigenvalue weighted by Gasteiger charge is 2.20. The van der Waals surface area contributed by atoms with E-state index in [9.17, 15) is 0 Å². The first-order valence-corrected chi connectivity index (χ1v) is 5.83. The van der Waals surface area contributed by atoms with E-state index in [1.807, 2.05) is 6.92 Å². The molecule has 1 rings (SSSR count). The molecule has 0 radical (unpaired) electrons. The van der Waals surface area contributed by atoms with E-state index in [-0.39, 0.29) is 12.0 Å². The highest BCUT2D eigenvalue weighted by atomic mass is 16.5. The monoisotopic (exact) mass is 227 g/mol. The molecule has 0 aliphatic heterocycles. The van der Waals surface area contributed by atoms with Gasteiger partial charge in [0.15, 0.2) is 0 Å². The van der Waals surface area contributed by atoms with E-state index in [0.29, 0.717) is 18.3 Å². The third-order valence-corrected chi connectivity index (χ3v) is 2.67. The minimum absolute atomic E-state index is 0.0856. The fourth-order valence-corrected chi connectivity index (χ4v) is 1.69. The first-order chi connectivity index (χ1) is 7.76. The van der Waals surface area contributed by atoms with Gasteiger partial charge in [0.2, 0.25) is 11.7 Å². The highest BCUT2D eigenvalue weighted by Crippen LogP contribution is 2.22. The molecule has 0 aliphatic rings. The lowest BCUT2D eigenvalue weighted by Crippen LogP contribution is -2.13. The van der Waals surface area contributed by atoms with Gasteiger partial charge in [-0.2, -0.15) is 4.98 Å². The minimum atomic E-state index is -0.0856. The van der Waals surface area contributed by atoms with Crippen LogP contribution in [0.4, 0.5) is 0 Å². The normalized spacial score (nSPS) is 15.0. The summed E-state index contributed by atoms with van der Waals surface area (Å²) in [6.45, 7) is 4.68. The van der Waals surface area contributed by atoms with Crippen molar-refractivity contribution in [1.82, 2.24) is 10.1 Å². The molecule has 5 nitrogen and oxygen atoms in total. The Kier molecular flexibility index (Phi) is 5.42. The summed E-state index contributed by atoms with van der Waals surface area (Å²) in [5.41, 5.74) is 5.68. The Hall–Kier alpha value is -0.940. The molecule has 0 amide bonds. The molecule has 0 fully saturated rings. The van der Waals surface area contributed by atoms with Gasteiger partial charge in [0, 0.05) is 13.7 Å². The molecule has 92 valence electrons. The van der Waals surface area contributed by atoms with Gasteiger partial charge in [-0.25, -0.2) is 0 Å². The zero-order chi connectivity index (χ0) is 12.0. The predicted octanol–water partition coefficient (Wildman–Crippen LogP) is 2.01. The molecule has 0 saturated heterocycles. The minimum Gasteiger partial charge on any atom is -0.373 e. The molecule has 16 heavy (non-hydrogen) atoms. The van der Waals surface area contributed by atoms with Crippen LogP contribution < -0.4 is 5.73 Å². The lowest BCUT2D eigenvalue weighted by molar-refractivity contribution is 0.0903. The molecule has 1 heterocycles. The zero-order valence-corrected chi connectivity index (χ0v) is 10.3. The van der Waals surface area contributed by atoms with E-state index in [2.05, 4.69) is 17.1 Å². The van der Waals surface area contributed by atoms with Crippen LogP contribution in [0.5, 0.6) is 0 Å². The van der Waals surface area contributed by atoms with Gasteiger partial charge in [0.25, 0.3) is 0 Å². The second kappa shape index (κ2) is 6.60. The van der Waals surface area contributed by atoms with Crippen molar-refractivity contribution in [2.45, 2.75) is 45.1 Å². The third-order valence-electron chi connectivity index (χ3n) is 2.67. The molecule has 0 aliphatic carbocycles. The second-order valence-corrected chi connectivity index (χ2v) is 3.84. The lowest BCUT2D eigenvalue weighted by Gasteiger charge is -2.08. The molecule has 1 aromatic rings. The summed E-state index contributed by atoms with van der Waals surface area (Å²) in [5.74, 6) is 1.42. The Morgan fingerprint density at radius 1 is 1.44 bits per heavy atom. The van der Waals surface area contributed by atoms with Crippen LogP contribution >= 0.6 is 0 Å². The fourth-order valence-electron chi connectivity index (χ4n) is 1.69. The van der Waals surface area contributed by atoms with Crippen molar-refractivity contribution in [2.75, 3.05) is 13.7 Å². The van der Waals surface area contributed by atoms with Gasteiger partial charge in [-0.1, -0.05) is 25.4 Å². The van der Waals surface area contributed by atoms with Crippen molar-refractivity contribution in [3.8, 4) is 0 Å². The first kappa shape index (κ1) is 13.1. The number of aromatic nitrogens is 2. The van der Waals surface area contributed by atoms with Crippen LogP contribution in [0.1, 0.15) is 56.8 Å². The average Bonchev–Trinajstić information content (AvgIpc) is 2.77. The molecule has 0 bridgehead atoms. The standard InChI is InChI=1S/C11H21N3O2/c1-4-6-8(7-12)11-13-10(14-16-11)9(5-2)15-3/h8-9H,4-7,12H2,1-3H3. The molecule has 0 saturated carbocycles. The van der Waals surface area contributed by atoms with E-state index in [1.54, 1.807) is 7.11 Å². The van der Waals surface area contributed by atoms with Crippen molar-refractivity contribution >= 4 is 0 Å². The molecule has 0 aromatic carbocycles. The van der Waals surface area contributed by atoms with Crippen molar-refractivity contribution in [3.63, 3.8) is 0 Å². The highest BCUT2D eigenvalue weighted by molar-refractivity contribution is 4.97. The second-order valence-electron chi connectivity index (χ2n) is 3.84. The summed E-state index contributed by atoms with van der Waals surface area (Å²) in [4.78, 5) is 4.36. The number of nitrogens with zero attached hydrogens (tertiary/aromatic N) is 2. The van der Waals surface area contributed by atoms with Crippen molar-refractivity contribution in [3.05, 3.63) is 11.7 Å². The van der Waals surface area contributed by atoms with E-state index in [0.717, 1.165) is 19.3 Å². The van der Waals surface area contributed by atoms with Gasteiger partial charge < -0.3 is 15.0 Å². The molecule has 2 N–H and O–H groups in total. The summed E-state index contributed by atoms with van der Waals surface area (Å²) in [6, 6.07) is 0. The zero-order valence-electron chi connectivity index (χ0n) is 10.3. The number of methoxy groups -OCH3 is 1. The molecule has 2 unspecified atom stereocenters. The maximum absolute atomic E-state index is 5.68. The van der Waals surface area contributed by atoms with Gasteiger partial charge in [-0.3, -0.25) is 0 Å². The molecule has 2 atom stereocenters. The average molecular weight is 227 g/mol. The summed E-state index contributed by atoms with van der Waals surface area (Å²) in [7, 11) is 1.65. The van der Waals surface area contributed by atoms with E-state index in [4.69, 9.17) is 15.0 Å². The Balaban J connectivity index is 2.75.